The van der Waals surface area contributed by atoms with E-state index in [4.69, 9.17) is 4.74 Å². The molecule has 1 saturated heterocycles. The average Bonchev–Trinajstić information content (AvgIpc) is 2.73. The lowest BCUT2D eigenvalue weighted by atomic mass is 10.0. The number of hydrogen-bond acceptors (Lipinski definition) is 6. The van der Waals surface area contributed by atoms with E-state index in [1.165, 1.54) is 24.3 Å². The first kappa shape index (κ1) is 21.2. The van der Waals surface area contributed by atoms with Gasteiger partial charge in [-0.25, -0.2) is 13.1 Å². The van der Waals surface area contributed by atoms with Crippen molar-refractivity contribution in [2.45, 2.75) is 17.4 Å². The Kier molecular flexibility index (Phi) is 6.13. The highest BCUT2D eigenvalue weighted by atomic mass is 32.2. The molecule has 1 aliphatic rings. The largest absolute Gasteiger partial charge is 0.504 e. The molecule has 0 spiro atoms. The summed E-state index contributed by atoms with van der Waals surface area (Å²) in [6, 6.07) is 19.8. The maximum atomic E-state index is 12.8. The monoisotopic (exact) mass is 440 g/mol. The Morgan fingerprint density at radius 3 is 2.19 bits per heavy atom. The van der Waals surface area contributed by atoms with Crippen molar-refractivity contribution in [1.82, 2.24) is 9.62 Å². The molecule has 7 nitrogen and oxygen atoms in total. The molecule has 0 radical (unpaired) electrons. The third kappa shape index (κ3) is 4.99. The molecular weight excluding hydrogens is 416 g/mol. The van der Waals surface area contributed by atoms with Gasteiger partial charge < -0.3 is 14.9 Å². The second kappa shape index (κ2) is 8.97. The number of nitrogens with zero attached hydrogens (tertiary/aromatic N) is 1. The molecule has 4 rings (SSSR count). The zero-order valence-electron chi connectivity index (χ0n) is 16.8. The highest BCUT2D eigenvalue weighted by molar-refractivity contribution is 7.89. The highest BCUT2D eigenvalue weighted by Crippen LogP contribution is 2.32. The van der Waals surface area contributed by atoms with Crippen molar-refractivity contribution in [1.29, 1.82) is 0 Å². The van der Waals surface area contributed by atoms with Gasteiger partial charge in [-0.3, -0.25) is 4.90 Å². The fourth-order valence-electron chi connectivity index (χ4n) is 3.44. The van der Waals surface area contributed by atoms with Crippen LogP contribution in [0, 0.1) is 0 Å². The van der Waals surface area contributed by atoms with Gasteiger partial charge in [-0.05, 0) is 60.5 Å². The molecule has 0 aliphatic carbocycles. The predicted octanol–water partition coefficient (Wildman–Crippen LogP) is 3.62. The molecular formula is C23H24N2O5S. The van der Waals surface area contributed by atoms with Gasteiger partial charge in [0.2, 0.25) is 10.0 Å². The van der Waals surface area contributed by atoms with Crippen LogP contribution in [0.3, 0.4) is 0 Å². The number of rotatable bonds is 8. The number of benzene rings is 3. The summed E-state index contributed by atoms with van der Waals surface area (Å²) in [5.41, 5.74) is 0.740. The zero-order valence-corrected chi connectivity index (χ0v) is 17.6. The predicted molar refractivity (Wildman–Crippen MR) is 117 cm³/mol. The van der Waals surface area contributed by atoms with E-state index in [2.05, 4.69) is 9.62 Å². The average molecular weight is 441 g/mol. The summed E-state index contributed by atoms with van der Waals surface area (Å²) in [6.45, 7) is 1.84. The van der Waals surface area contributed by atoms with Crippen LogP contribution in [0.25, 0.3) is 0 Å². The Morgan fingerprint density at radius 2 is 1.58 bits per heavy atom. The van der Waals surface area contributed by atoms with Crippen LogP contribution < -0.4 is 9.46 Å². The lowest BCUT2D eigenvalue weighted by molar-refractivity contribution is 0.119. The van der Waals surface area contributed by atoms with Crippen molar-refractivity contribution in [2.75, 3.05) is 19.6 Å². The third-order valence-corrected chi connectivity index (χ3v) is 6.73. The van der Waals surface area contributed by atoms with E-state index in [-0.39, 0.29) is 29.0 Å². The van der Waals surface area contributed by atoms with Crippen LogP contribution in [-0.4, -0.2) is 43.2 Å². The minimum atomic E-state index is -3.73. The van der Waals surface area contributed by atoms with Gasteiger partial charge in [-0.2, -0.15) is 0 Å². The molecule has 1 unspecified atom stereocenters. The molecule has 31 heavy (non-hydrogen) atoms. The molecule has 3 aromatic carbocycles. The SMILES string of the molecule is O=S(=O)(NCC(c1ccc(O)c(O)c1)N1CCC1)c1ccc(Oc2ccccc2)cc1. The molecule has 3 N–H and O–H groups in total. The van der Waals surface area contributed by atoms with Gasteiger partial charge in [0.15, 0.2) is 11.5 Å². The van der Waals surface area contributed by atoms with Crippen molar-refractivity contribution in [2.24, 2.45) is 0 Å². The van der Waals surface area contributed by atoms with Crippen LogP contribution >= 0.6 is 0 Å². The van der Waals surface area contributed by atoms with E-state index in [0.717, 1.165) is 25.1 Å². The van der Waals surface area contributed by atoms with Crippen molar-refractivity contribution < 1.29 is 23.4 Å². The topological polar surface area (TPSA) is 99.1 Å². The molecule has 3 aromatic rings. The highest BCUT2D eigenvalue weighted by Gasteiger charge is 2.27. The molecule has 8 heteroatoms. The van der Waals surface area contributed by atoms with Crippen molar-refractivity contribution in [3.05, 3.63) is 78.4 Å². The summed E-state index contributed by atoms with van der Waals surface area (Å²) in [5, 5.41) is 19.4. The number of nitrogens with one attached hydrogen (secondary N) is 1. The lowest BCUT2D eigenvalue weighted by Crippen LogP contribution is -2.45. The van der Waals surface area contributed by atoms with E-state index < -0.39 is 10.0 Å². The number of aromatic hydroxyl groups is 2. The first-order valence-corrected chi connectivity index (χ1v) is 11.5. The number of hydrogen-bond donors (Lipinski definition) is 3. The second-order valence-corrected chi connectivity index (χ2v) is 9.16. The van der Waals surface area contributed by atoms with Gasteiger partial charge in [-0.15, -0.1) is 0 Å². The van der Waals surface area contributed by atoms with Crippen molar-refractivity contribution in [3.63, 3.8) is 0 Å². The van der Waals surface area contributed by atoms with Gasteiger partial charge in [-0.1, -0.05) is 24.3 Å². The fraction of sp³-hybridized carbons (Fsp3) is 0.217. The minimum absolute atomic E-state index is 0.142. The van der Waals surface area contributed by atoms with E-state index in [9.17, 15) is 18.6 Å². The van der Waals surface area contributed by atoms with Gasteiger partial charge >= 0.3 is 0 Å². The Labute approximate surface area is 181 Å². The molecule has 1 heterocycles. The van der Waals surface area contributed by atoms with Crippen LogP contribution in [0.2, 0.25) is 0 Å². The minimum Gasteiger partial charge on any atom is -0.504 e. The van der Waals surface area contributed by atoms with E-state index in [1.807, 2.05) is 30.3 Å². The van der Waals surface area contributed by atoms with Gasteiger partial charge in [0.25, 0.3) is 0 Å². The van der Waals surface area contributed by atoms with Crippen molar-refractivity contribution in [3.8, 4) is 23.0 Å². The van der Waals surface area contributed by atoms with Crippen molar-refractivity contribution >= 4 is 10.0 Å². The number of sulfonamides is 1. The normalized spacial score (nSPS) is 15.2. The number of para-hydroxylation sites is 1. The fourth-order valence-corrected chi connectivity index (χ4v) is 4.48. The smallest absolute Gasteiger partial charge is 0.240 e. The lowest BCUT2D eigenvalue weighted by Gasteiger charge is -2.38. The number of ether oxygens (including phenoxy) is 1. The summed E-state index contributed by atoms with van der Waals surface area (Å²) in [7, 11) is -3.73. The molecule has 162 valence electrons. The Morgan fingerprint density at radius 1 is 0.903 bits per heavy atom. The van der Waals surface area contributed by atoms with Gasteiger partial charge in [0, 0.05) is 25.7 Å². The summed E-state index contributed by atoms with van der Waals surface area (Å²) in [5.74, 6) is 0.790. The Balaban J connectivity index is 1.46. The second-order valence-electron chi connectivity index (χ2n) is 7.39. The van der Waals surface area contributed by atoms with Gasteiger partial charge in [0.05, 0.1) is 4.90 Å². The van der Waals surface area contributed by atoms with Crippen LogP contribution in [0.5, 0.6) is 23.0 Å². The maximum absolute atomic E-state index is 12.8. The number of phenols is 2. The third-order valence-electron chi connectivity index (χ3n) is 5.30. The number of phenolic OH excluding ortho intramolecular Hbond substituents is 2. The number of likely N-dealkylation sites (tertiary alicyclic amines) is 1. The first-order chi connectivity index (χ1) is 14.9. The quantitative estimate of drug-likeness (QED) is 0.463. The van der Waals surface area contributed by atoms with Crippen LogP contribution in [0.15, 0.2) is 77.7 Å². The molecule has 1 atom stereocenters. The molecule has 1 fully saturated rings. The van der Waals surface area contributed by atoms with E-state index in [1.54, 1.807) is 18.2 Å². The standard InChI is InChI=1S/C23H24N2O5S/c26-22-12-7-17(15-23(22)27)21(25-13-4-14-25)16-24-31(28,29)20-10-8-19(9-11-20)30-18-5-2-1-3-6-18/h1-3,5-12,15,21,24,26-27H,4,13-14,16H2. The summed E-state index contributed by atoms with van der Waals surface area (Å²) >= 11 is 0. The maximum Gasteiger partial charge on any atom is 0.240 e. The Bertz CT molecular complexity index is 1130. The van der Waals surface area contributed by atoms with E-state index >= 15 is 0 Å². The molecule has 0 bridgehead atoms. The summed E-state index contributed by atoms with van der Waals surface area (Å²) < 4.78 is 34.0. The zero-order chi connectivity index (χ0) is 21.8. The van der Waals surface area contributed by atoms with Crippen LogP contribution in [0.1, 0.15) is 18.0 Å². The van der Waals surface area contributed by atoms with Crippen LogP contribution in [-0.2, 0) is 10.0 Å². The van der Waals surface area contributed by atoms with Crippen LogP contribution in [0.4, 0.5) is 0 Å². The molecule has 0 aromatic heterocycles. The van der Waals surface area contributed by atoms with Gasteiger partial charge in [0.1, 0.15) is 11.5 Å². The van der Waals surface area contributed by atoms with E-state index in [0.29, 0.717) is 11.5 Å². The first-order valence-electron chi connectivity index (χ1n) is 10.0. The Hall–Kier alpha value is -3.07. The summed E-state index contributed by atoms with van der Waals surface area (Å²) in [4.78, 5) is 2.27. The molecule has 1 aliphatic heterocycles. The molecule has 0 amide bonds. The summed E-state index contributed by atoms with van der Waals surface area (Å²) in [6.07, 6.45) is 1.04. The molecule has 0 saturated carbocycles.